The lowest BCUT2D eigenvalue weighted by Gasteiger charge is -2.09. The fraction of sp³-hybridized carbons (Fsp3) is 0.0714. The van der Waals surface area contributed by atoms with E-state index in [0.29, 0.717) is 0 Å². The highest BCUT2D eigenvalue weighted by Gasteiger charge is 2.13. The maximum atomic E-state index is 11.0. The van der Waals surface area contributed by atoms with Crippen molar-refractivity contribution < 1.29 is 9.90 Å². The van der Waals surface area contributed by atoms with E-state index in [4.69, 9.17) is 16.7 Å². The first-order valence-corrected chi connectivity index (χ1v) is 5.57. The average Bonchev–Trinajstić information content (AvgIpc) is 2.30. The Kier molecular flexibility index (Phi) is 3.16. The Balaban J connectivity index is 2.65. The lowest BCUT2D eigenvalue weighted by Crippen LogP contribution is -1.98. The summed E-state index contributed by atoms with van der Waals surface area (Å²) in [5.41, 5.74) is 2.91. The molecule has 1 N–H and O–H groups in total. The molecule has 3 heteroatoms. The van der Waals surface area contributed by atoms with Crippen LogP contribution in [0.2, 0.25) is 5.02 Å². The molecule has 17 heavy (non-hydrogen) atoms. The third-order valence-electron chi connectivity index (χ3n) is 2.66. The first-order chi connectivity index (χ1) is 8.11. The van der Waals surface area contributed by atoms with E-state index in [2.05, 4.69) is 0 Å². The monoisotopic (exact) mass is 246 g/mol. The topological polar surface area (TPSA) is 37.3 Å². The van der Waals surface area contributed by atoms with Crippen molar-refractivity contribution in [2.45, 2.75) is 6.92 Å². The third kappa shape index (κ3) is 2.17. The highest BCUT2D eigenvalue weighted by atomic mass is 35.5. The molecule has 0 saturated heterocycles. The molecular weight excluding hydrogens is 236 g/mol. The van der Waals surface area contributed by atoms with Gasteiger partial charge >= 0.3 is 5.97 Å². The Hall–Kier alpha value is -1.80. The molecule has 0 unspecified atom stereocenters. The molecule has 0 fully saturated rings. The molecule has 2 aromatic carbocycles. The molecule has 0 aliphatic rings. The van der Waals surface area contributed by atoms with Crippen molar-refractivity contribution in [3.05, 3.63) is 58.6 Å². The summed E-state index contributed by atoms with van der Waals surface area (Å²) in [5.74, 6) is -1.01. The molecule has 0 bridgehead atoms. The molecule has 0 heterocycles. The number of halogens is 1. The molecule has 0 atom stereocenters. The molecule has 2 nitrogen and oxygen atoms in total. The van der Waals surface area contributed by atoms with Gasteiger partial charge in [-0.25, -0.2) is 4.79 Å². The van der Waals surface area contributed by atoms with E-state index in [-0.39, 0.29) is 10.6 Å². The zero-order valence-corrected chi connectivity index (χ0v) is 10.0. The van der Waals surface area contributed by atoms with Gasteiger partial charge in [-0.1, -0.05) is 48.0 Å². The minimum Gasteiger partial charge on any atom is -0.478 e. The average molecular weight is 247 g/mol. The Morgan fingerprint density at radius 3 is 2.35 bits per heavy atom. The van der Waals surface area contributed by atoms with Crippen LogP contribution in [0.1, 0.15) is 15.9 Å². The molecule has 0 spiro atoms. The maximum Gasteiger partial charge on any atom is 0.337 e. The van der Waals surface area contributed by atoms with E-state index in [0.717, 1.165) is 16.7 Å². The van der Waals surface area contributed by atoms with Crippen molar-refractivity contribution >= 4 is 17.6 Å². The molecule has 0 aliphatic heterocycles. The molecule has 0 amide bonds. The van der Waals surface area contributed by atoms with Crippen molar-refractivity contribution in [1.82, 2.24) is 0 Å². The summed E-state index contributed by atoms with van der Waals surface area (Å²) in [6.07, 6.45) is 0. The van der Waals surface area contributed by atoms with Crippen LogP contribution < -0.4 is 0 Å². The summed E-state index contributed by atoms with van der Waals surface area (Å²) in [7, 11) is 0. The van der Waals surface area contributed by atoms with Gasteiger partial charge in [-0.15, -0.1) is 0 Å². The smallest absolute Gasteiger partial charge is 0.337 e. The lowest BCUT2D eigenvalue weighted by atomic mass is 9.99. The zero-order valence-electron chi connectivity index (χ0n) is 9.27. The SMILES string of the molecule is Cc1ccccc1-c1cccc(C(=O)O)c1Cl. The normalized spacial score (nSPS) is 10.2. The van der Waals surface area contributed by atoms with Gasteiger partial charge in [-0.2, -0.15) is 0 Å². The van der Waals surface area contributed by atoms with Crippen molar-refractivity contribution in [3.8, 4) is 11.1 Å². The van der Waals surface area contributed by atoms with Crippen LogP contribution in [0.3, 0.4) is 0 Å². The first-order valence-electron chi connectivity index (χ1n) is 5.19. The Labute approximate surface area is 104 Å². The molecule has 0 saturated carbocycles. The second kappa shape index (κ2) is 4.60. The summed E-state index contributed by atoms with van der Waals surface area (Å²) < 4.78 is 0. The molecule has 86 valence electrons. The van der Waals surface area contributed by atoms with Crippen molar-refractivity contribution in [1.29, 1.82) is 0 Å². The predicted octanol–water partition coefficient (Wildman–Crippen LogP) is 4.01. The van der Waals surface area contributed by atoms with Gasteiger partial charge < -0.3 is 5.11 Å². The van der Waals surface area contributed by atoms with Crippen LogP contribution in [0.15, 0.2) is 42.5 Å². The van der Waals surface area contributed by atoms with Crippen LogP contribution >= 0.6 is 11.6 Å². The van der Waals surface area contributed by atoms with E-state index in [1.807, 2.05) is 37.3 Å². The molecule has 0 radical (unpaired) electrons. The minimum atomic E-state index is -1.01. The fourth-order valence-electron chi connectivity index (χ4n) is 1.78. The fourth-order valence-corrected chi connectivity index (χ4v) is 2.09. The molecule has 0 aromatic heterocycles. The zero-order chi connectivity index (χ0) is 12.4. The summed E-state index contributed by atoms with van der Waals surface area (Å²) >= 11 is 6.13. The number of aryl methyl sites for hydroxylation is 1. The van der Waals surface area contributed by atoms with Gasteiger partial charge in [0.05, 0.1) is 10.6 Å². The standard InChI is InChI=1S/C14H11ClO2/c1-9-5-2-3-6-10(9)11-7-4-8-12(13(11)15)14(16)17/h2-8H,1H3,(H,16,17). The van der Waals surface area contributed by atoms with E-state index >= 15 is 0 Å². The van der Waals surface area contributed by atoms with Gasteiger partial charge in [-0.3, -0.25) is 0 Å². The van der Waals surface area contributed by atoms with E-state index in [1.54, 1.807) is 6.07 Å². The van der Waals surface area contributed by atoms with Gasteiger partial charge in [0.25, 0.3) is 0 Å². The number of carboxylic acid groups (broad SMARTS) is 1. The van der Waals surface area contributed by atoms with Crippen LogP contribution in [0.4, 0.5) is 0 Å². The van der Waals surface area contributed by atoms with E-state index < -0.39 is 5.97 Å². The Morgan fingerprint density at radius 1 is 1.06 bits per heavy atom. The maximum absolute atomic E-state index is 11.0. The number of hydrogen-bond acceptors (Lipinski definition) is 1. The van der Waals surface area contributed by atoms with Crippen LogP contribution in [-0.4, -0.2) is 11.1 Å². The number of aromatic carboxylic acids is 1. The Morgan fingerprint density at radius 2 is 1.71 bits per heavy atom. The minimum absolute atomic E-state index is 0.132. The highest BCUT2D eigenvalue weighted by Crippen LogP contribution is 2.32. The number of carbonyl (C=O) groups is 1. The number of rotatable bonds is 2. The van der Waals surface area contributed by atoms with Crippen molar-refractivity contribution in [2.75, 3.05) is 0 Å². The van der Waals surface area contributed by atoms with Gasteiger partial charge in [0.2, 0.25) is 0 Å². The van der Waals surface area contributed by atoms with Gasteiger partial charge in [0.1, 0.15) is 0 Å². The van der Waals surface area contributed by atoms with Gasteiger partial charge in [0, 0.05) is 5.56 Å². The highest BCUT2D eigenvalue weighted by molar-refractivity contribution is 6.36. The van der Waals surface area contributed by atoms with E-state index in [9.17, 15) is 4.79 Å². The van der Waals surface area contributed by atoms with Crippen LogP contribution in [0.5, 0.6) is 0 Å². The quantitative estimate of drug-likeness (QED) is 0.869. The van der Waals surface area contributed by atoms with Crippen LogP contribution in [0.25, 0.3) is 11.1 Å². The number of carboxylic acids is 1. The van der Waals surface area contributed by atoms with Gasteiger partial charge in [0.15, 0.2) is 0 Å². The molecule has 2 aromatic rings. The molecule has 2 rings (SSSR count). The number of benzene rings is 2. The molecule has 0 aliphatic carbocycles. The summed E-state index contributed by atoms with van der Waals surface area (Å²) in [4.78, 5) is 11.0. The summed E-state index contributed by atoms with van der Waals surface area (Å²) in [6.45, 7) is 1.97. The largest absolute Gasteiger partial charge is 0.478 e. The van der Waals surface area contributed by atoms with Crippen LogP contribution in [0, 0.1) is 6.92 Å². The second-order valence-corrected chi connectivity index (χ2v) is 4.17. The Bertz CT molecular complexity index is 576. The van der Waals surface area contributed by atoms with E-state index in [1.165, 1.54) is 6.07 Å². The summed E-state index contributed by atoms with van der Waals surface area (Å²) in [6, 6.07) is 12.8. The lowest BCUT2D eigenvalue weighted by molar-refractivity contribution is 0.0697. The van der Waals surface area contributed by atoms with Gasteiger partial charge in [-0.05, 0) is 24.1 Å². The summed E-state index contributed by atoms with van der Waals surface area (Å²) in [5, 5.41) is 9.31. The van der Waals surface area contributed by atoms with Crippen molar-refractivity contribution in [3.63, 3.8) is 0 Å². The number of hydrogen-bond donors (Lipinski definition) is 1. The molecular formula is C14H11ClO2. The first kappa shape index (κ1) is 11.7. The second-order valence-electron chi connectivity index (χ2n) is 3.79. The van der Waals surface area contributed by atoms with Crippen molar-refractivity contribution in [2.24, 2.45) is 0 Å². The third-order valence-corrected chi connectivity index (χ3v) is 3.07. The van der Waals surface area contributed by atoms with Crippen LogP contribution in [-0.2, 0) is 0 Å². The predicted molar refractivity (Wildman–Crippen MR) is 68.6 cm³/mol.